The van der Waals surface area contributed by atoms with Gasteiger partial charge in [-0.1, -0.05) is 18.2 Å². The van der Waals surface area contributed by atoms with E-state index in [9.17, 15) is 4.79 Å². The van der Waals surface area contributed by atoms with Crippen LogP contribution >= 0.6 is 0 Å². The first-order valence-electron chi connectivity index (χ1n) is 5.60. The number of carbonyl (C=O) groups is 1. The molecule has 0 aliphatic carbocycles. The number of hydrogen-bond acceptors (Lipinski definition) is 5. The standard InChI is InChI=1S/C12H11N3O3/c16-9-6-15(7-9)12(17)11-14-13-10(18-11)8-4-2-1-3-5-8/h1-5,9,16H,6-7H2. The highest BCUT2D eigenvalue weighted by molar-refractivity contribution is 5.90. The molecule has 0 saturated carbocycles. The molecule has 1 fully saturated rings. The smallest absolute Gasteiger partial charge is 0.311 e. The van der Waals surface area contributed by atoms with Crippen LogP contribution in [0.3, 0.4) is 0 Å². The summed E-state index contributed by atoms with van der Waals surface area (Å²) in [5, 5.41) is 16.7. The Morgan fingerprint density at radius 2 is 2.00 bits per heavy atom. The van der Waals surface area contributed by atoms with Gasteiger partial charge >= 0.3 is 11.8 Å². The summed E-state index contributed by atoms with van der Waals surface area (Å²) in [6.07, 6.45) is -0.439. The number of benzene rings is 1. The van der Waals surface area contributed by atoms with Crippen LogP contribution in [0.2, 0.25) is 0 Å². The third kappa shape index (κ3) is 1.86. The van der Waals surface area contributed by atoms with Gasteiger partial charge in [0.15, 0.2) is 0 Å². The third-order valence-corrected chi connectivity index (χ3v) is 2.78. The fourth-order valence-electron chi connectivity index (χ4n) is 1.76. The quantitative estimate of drug-likeness (QED) is 0.836. The van der Waals surface area contributed by atoms with Gasteiger partial charge in [0.2, 0.25) is 5.89 Å². The molecule has 1 saturated heterocycles. The Morgan fingerprint density at radius 1 is 1.28 bits per heavy atom. The lowest BCUT2D eigenvalue weighted by molar-refractivity contribution is 0.00344. The summed E-state index contributed by atoms with van der Waals surface area (Å²) in [5.41, 5.74) is 0.771. The Balaban J connectivity index is 1.80. The Hall–Kier alpha value is -2.21. The maximum absolute atomic E-state index is 11.8. The predicted octanol–water partition coefficient (Wildman–Crippen LogP) is 0.553. The molecule has 0 unspecified atom stereocenters. The lowest BCUT2D eigenvalue weighted by atomic mass is 10.2. The molecule has 92 valence electrons. The van der Waals surface area contributed by atoms with E-state index in [2.05, 4.69) is 10.2 Å². The highest BCUT2D eigenvalue weighted by Gasteiger charge is 2.32. The maximum atomic E-state index is 11.8. The SMILES string of the molecule is O=C(c1nnc(-c2ccccc2)o1)N1CC(O)C1. The monoisotopic (exact) mass is 245 g/mol. The fraction of sp³-hybridized carbons (Fsp3) is 0.250. The van der Waals surface area contributed by atoms with E-state index in [-0.39, 0.29) is 11.8 Å². The first-order chi connectivity index (χ1) is 8.74. The van der Waals surface area contributed by atoms with Gasteiger partial charge in [-0.3, -0.25) is 4.79 Å². The summed E-state index contributed by atoms with van der Waals surface area (Å²) in [6, 6.07) is 9.25. The van der Waals surface area contributed by atoms with Gasteiger partial charge in [0.1, 0.15) is 0 Å². The number of nitrogens with zero attached hydrogens (tertiary/aromatic N) is 3. The van der Waals surface area contributed by atoms with Crippen molar-refractivity contribution in [1.82, 2.24) is 15.1 Å². The zero-order valence-electron chi connectivity index (χ0n) is 9.48. The third-order valence-electron chi connectivity index (χ3n) is 2.78. The molecule has 0 radical (unpaired) electrons. The number of aliphatic hydroxyl groups is 1. The number of amides is 1. The second-order valence-electron chi connectivity index (χ2n) is 4.14. The van der Waals surface area contributed by atoms with Gasteiger partial charge < -0.3 is 14.4 Å². The van der Waals surface area contributed by atoms with Crippen LogP contribution in [0.5, 0.6) is 0 Å². The topological polar surface area (TPSA) is 79.5 Å². The second kappa shape index (κ2) is 4.23. The molecular weight excluding hydrogens is 234 g/mol. The minimum Gasteiger partial charge on any atom is -0.412 e. The zero-order chi connectivity index (χ0) is 12.5. The molecule has 2 aromatic rings. The maximum Gasteiger partial charge on any atom is 0.311 e. The molecule has 0 atom stereocenters. The van der Waals surface area contributed by atoms with Crippen molar-refractivity contribution in [1.29, 1.82) is 0 Å². The molecule has 1 aliphatic rings. The van der Waals surface area contributed by atoms with E-state index < -0.39 is 6.10 Å². The Morgan fingerprint density at radius 3 is 2.67 bits per heavy atom. The van der Waals surface area contributed by atoms with Crippen LogP contribution in [-0.2, 0) is 0 Å². The van der Waals surface area contributed by atoms with E-state index >= 15 is 0 Å². The molecule has 6 nitrogen and oxygen atoms in total. The van der Waals surface area contributed by atoms with Crippen LogP contribution in [0.25, 0.3) is 11.5 Å². The molecule has 6 heteroatoms. The summed E-state index contributed by atoms with van der Waals surface area (Å²) in [5.74, 6) is -0.0595. The van der Waals surface area contributed by atoms with Gasteiger partial charge in [0.25, 0.3) is 0 Å². The summed E-state index contributed by atoms with van der Waals surface area (Å²) in [6.45, 7) is 0.643. The molecule has 0 spiro atoms. The largest absolute Gasteiger partial charge is 0.412 e. The van der Waals surface area contributed by atoms with Crippen molar-refractivity contribution in [3.8, 4) is 11.5 Å². The molecule has 0 bridgehead atoms. The van der Waals surface area contributed by atoms with Crippen molar-refractivity contribution in [2.24, 2.45) is 0 Å². The van der Waals surface area contributed by atoms with Crippen molar-refractivity contribution in [3.63, 3.8) is 0 Å². The van der Waals surface area contributed by atoms with Gasteiger partial charge in [-0.2, -0.15) is 0 Å². The van der Waals surface area contributed by atoms with Crippen LogP contribution in [0, 0.1) is 0 Å². The summed E-state index contributed by atoms with van der Waals surface area (Å²) >= 11 is 0. The van der Waals surface area contributed by atoms with Crippen molar-refractivity contribution in [2.45, 2.75) is 6.10 Å². The minimum atomic E-state index is -0.439. The number of aliphatic hydroxyl groups excluding tert-OH is 1. The normalized spacial score (nSPS) is 15.5. The fourth-order valence-corrected chi connectivity index (χ4v) is 1.76. The minimum absolute atomic E-state index is 0.0410. The molecule has 2 heterocycles. The van der Waals surface area contributed by atoms with Crippen LogP contribution in [0.15, 0.2) is 34.7 Å². The number of likely N-dealkylation sites (tertiary alicyclic amines) is 1. The molecule has 1 aromatic carbocycles. The van der Waals surface area contributed by atoms with Gasteiger partial charge in [-0.15, -0.1) is 10.2 Å². The zero-order valence-corrected chi connectivity index (χ0v) is 9.48. The summed E-state index contributed by atoms with van der Waals surface area (Å²) < 4.78 is 5.33. The van der Waals surface area contributed by atoms with E-state index in [4.69, 9.17) is 9.52 Å². The van der Waals surface area contributed by atoms with E-state index in [1.54, 1.807) is 0 Å². The number of carbonyl (C=O) groups excluding carboxylic acids is 1. The average molecular weight is 245 g/mol. The van der Waals surface area contributed by atoms with Gasteiger partial charge in [0.05, 0.1) is 6.10 Å². The van der Waals surface area contributed by atoms with Gasteiger partial charge in [0, 0.05) is 18.7 Å². The highest BCUT2D eigenvalue weighted by Crippen LogP contribution is 2.19. The first kappa shape index (κ1) is 10.9. The molecule has 1 N–H and O–H groups in total. The van der Waals surface area contributed by atoms with Crippen LogP contribution in [-0.4, -0.2) is 45.3 Å². The number of rotatable bonds is 2. The molecular formula is C12H11N3O3. The number of hydrogen-bond donors (Lipinski definition) is 1. The van der Waals surface area contributed by atoms with Gasteiger partial charge in [-0.05, 0) is 12.1 Å². The molecule has 1 aromatic heterocycles. The van der Waals surface area contributed by atoms with Crippen molar-refractivity contribution >= 4 is 5.91 Å². The molecule has 1 amide bonds. The van der Waals surface area contributed by atoms with Crippen molar-refractivity contribution in [3.05, 3.63) is 36.2 Å². The van der Waals surface area contributed by atoms with Crippen molar-refractivity contribution in [2.75, 3.05) is 13.1 Å². The Bertz CT molecular complexity index is 561. The number of aromatic nitrogens is 2. The summed E-state index contributed by atoms with van der Waals surface area (Å²) in [4.78, 5) is 13.3. The summed E-state index contributed by atoms with van der Waals surface area (Å²) in [7, 11) is 0. The van der Waals surface area contributed by atoms with Crippen LogP contribution in [0.4, 0.5) is 0 Å². The lowest BCUT2D eigenvalue weighted by Crippen LogP contribution is -2.53. The van der Waals surface area contributed by atoms with Crippen LogP contribution in [0.1, 0.15) is 10.7 Å². The lowest BCUT2D eigenvalue weighted by Gasteiger charge is -2.34. The Labute approximate surface area is 103 Å². The van der Waals surface area contributed by atoms with Gasteiger partial charge in [-0.25, -0.2) is 0 Å². The van der Waals surface area contributed by atoms with E-state index in [1.165, 1.54) is 4.90 Å². The predicted molar refractivity (Wildman–Crippen MR) is 61.6 cm³/mol. The first-order valence-corrected chi connectivity index (χ1v) is 5.60. The Kier molecular flexibility index (Phi) is 2.56. The van der Waals surface area contributed by atoms with Crippen molar-refractivity contribution < 1.29 is 14.3 Å². The molecule has 18 heavy (non-hydrogen) atoms. The average Bonchev–Trinajstić information content (AvgIpc) is 2.85. The highest BCUT2D eigenvalue weighted by atomic mass is 16.4. The number of β-amino-alcohol motifs (C(OH)–C–C–N with tert-alkyl or cyclic N) is 1. The van der Waals surface area contributed by atoms with Crippen LogP contribution < -0.4 is 0 Å². The molecule has 1 aliphatic heterocycles. The van der Waals surface area contributed by atoms with E-state index in [1.807, 2.05) is 30.3 Å². The second-order valence-corrected chi connectivity index (χ2v) is 4.14. The molecule has 3 rings (SSSR count). The van der Waals surface area contributed by atoms with E-state index in [0.717, 1.165) is 5.56 Å². The van der Waals surface area contributed by atoms with E-state index in [0.29, 0.717) is 19.0 Å².